The Balaban J connectivity index is 1.98. The third-order valence-corrected chi connectivity index (χ3v) is 4.78. The molecule has 0 aromatic carbocycles. The highest BCUT2D eigenvalue weighted by Gasteiger charge is 2.26. The molecule has 0 amide bonds. The van der Waals surface area contributed by atoms with Crippen LogP contribution in [0.1, 0.15) is 41.3 Å². The van der Waals surface area contributed by atoms with E-state index in [1.807, 2.05) is 0 Å². The van der Waals surface area contributed by atoms with Gasteiger partial charge in [-0.05, 0) is 33.7 Å². The Labute approximate surface area is 107 Å². The molecule has 2 rings (SSSR count). The minimum atomic E-state index is -0.157. The Morgan fingerprint density at radius 2 is 2.06 bits per heavy atom. The van der Waals surface area contributed by atoms with Crippen molar-refractivity contribution in [3.8, 4) is 0 Å². The summed E-state index contributed by atoms with van der Waals surface area (Å²) in [4.78, 5) is 8.13. The Morgan fingerprint density at radius 1 is 1.35 bits per heavy atom. The molecule has 0 aliphatic heterocycles. The molecule has 1 aromatic rings. The molecule has 1 heterocycles. The highest BCUT2D eigenvalue weighted by Crippen LogP contribution is 2.25. The third-order valence-electron chi connectivity index (χ3n) is 3.72. The van der Waals surface area contributed by atoms with Crippen LogP contribution in [0, 0.1) is 13.8 Å². The quantitative estimate of drug-likeness (QED) is 0.900. The summed E-state index contributed by atoms with van der Waals surface area (Å²) >= 11 is 1.77. The summed E-state index contributed by atoms with van der Waals surface area (Å²) in [5.74, 6) is 0. The van der Waals surface area contributed by atoms with E-state index in [0.29, 0.717) is 6.04 Å². The number of aliphatic hydroxyl groups excluding tert-OH is 1. The van der Waals surface area contributed by atoms with Crippen molar-refractivity contribution in [1.82, 2.24) is 9.88 Å². The number of hydrogen-bond donors (Lipinski definition) is 1. The predicted octanol–water partition coefficient (Wildman–Crippen LogP) is 2.50. The van der Waals surface area contributed by atoms with Gasteiger partial charge in [-0.25, -0.2) is 4.98 Å². The highest BCUT2D eigenvalue weighted by molar-refractivity contribution is 7.11. The van der Waals surface area contributed by atoms with Crippen LogP contribution in [0.15, 0.2) is 0 Å². The maximum atomic E-state index is 10.0. The van der Waals surface area contributed by atoms with Gasteiger partial charge in [-0.3, -0.25) is 4.90 Å². The fraction of sp³-hybridized carbons (Fsp3) is 0.769. The van der Waals surface area contributed by atoms with E-state index >= 15 is 0 Å². The number of likely N-dealkylation sites (N-methyl/N-ethyl adjacent to an activating group) is 1. The van der Waals surface area contributed by atoms with Crippen LogP contribution in [0.4, 0.5) is 0 Å². The highest BCUT2D eigenvalue weighted by atomic mass is 32.1. The van der Waals surface area contributed by atoms with Crippen LogP contribution in [0.25, 0.3) is 0 Å². The van der Waals surface area contributed by atoms with Gasteiger partial charge in [-0.15, -0.1) is 11.3 Å². The van der Waals surface area contributed by atoms with Gasteiger partial charge in [0.15, 0.2) is 0 Å². The van der Waals surface area contributed by atoms with Crippen LogP contribution < -0.4 is 0 Å². The first-order valence-electron chi connectivity index (χ1n) is 6.39. The van der Waals surface area contributed by atoms with Crippen molar-refractivity contribution >= 4 is 11.3 Å². The molecule has 0 radical (unpaired) electrons. The van der Waals surface area contributed by atoms with Crippen molar-refractivity contribution in [3.63, 3.8) is 0 Å². The topological polar surface area (TPSA) is 36.4 Å². The molecule has 2 atom stereocenters. The number of nitrogens with zero attached hydrogens (tertiary/aromatic N) is 2. The SMILES string of the molecule is Cc1nc(CN(C)C2CCCCC2O)sc1C. The number of aryl methyl sites for hydroxylation is 2. The second-order valence-corrected chi connectivity index (χ2v) is 6.37. The molecule has 0 spiro atoms. The van der Waals surface area contributed by atoms with E-state index in [0.717, 1.165) is 25.1 Å². The molecule has 1 fully saturated rings. The molecular weight excluding hydrogens is 232 g/mol. The van der Waals surface area contributed by atoms with E-state index in [-0.39, 0.29) is 6.10 Å². The smallest absolute Gasteiger partial charge is 0.107 e. The zero-order valence-corrected chi connectivity index (χ0v) is 11.8. The molecule has 3 nitrogen and oxygen atoms in total. The molecule has 0 bridgehead atoms. The van der Waals surface area contributed by atoms with Crippen molar-refractivity contribution in [2.24, 2.45) is 0 Å². The van der Waals surface area contributed by atoms with E-state index in [2.05, 4.69) is 30.8 Å². The number of aliphatic hydroxyl groups is 1. The summed E-state index contributed by atoms with van der Waals surface area (Å²) in [6.45, 7) is 5.04. The summed E-state index contributed by atoms with van der Waals surface area (Å²) in [6.07, 6.45) is 4.31. The molecule has 1 saturated carbocycles. The van der Waals surface area contributed by atoms with Crippen LogP contribution in [-0.2, 0) is 6.54 Å². The molecule has 1 aliphatic carbocycles. The number of thiazole rings is 1. The minimum absolute atomic E-state index is 0.157. The molecule has 1 aliphatic rings. The zero-order valence-electron chi connectivity index (χ0n) is 10.9. The van der Waals surface area contributed by atoms with E-state index in [4.69, 9.17) is 0 Å². The second kappa shape index (κ2) is 5.46. The van der Waals surface area contributed by atoms with Crippen LogP contribution >= 0.6 is 11.3 Å². The minimum Gasteiger partial charge on any atom is -0.391 e. The van der Waals surface area contributed by atoms with Gasteiger partial charge in [-0.1, -0.05) is 12.8 Å². The van der Waals surface area contributed by atoms with Gasteiger partial charge in [0.1, 0.15) is 5.01 Å². The Morgan fingerprint density at radius 3 is 2.65 bits per heavy atom. The normalized spacial score (nSPS) is 25.5. The summed E-state index contributed by atoms with van der Waals surface area (Å²) in [7, 11) is 2.10. The van der Waals surface area contributed by atoms with Crippen LogP contribution in [0.3, 0.4) is 0 Å². The fourth-order valence-electron chi connectivity index (χ4n) is 2.54. The van der Waals surface area contributed by atoms with Crippen molar-refractivity contribution in [2.75, 3.05) is 7.05 Å². The van der Waals surface area contributed by atoms with E-state index < -0.39 is 0 Å². The lowest BCUT2D eigenvalue weighted by molar-refractivity contribution is 0.0288. The van der Waals surface area contributed by atoms with Crippen molar-refractivity contribution < 1.29 is 5.11 Å². The fourth-order valence-corrected chi connectivity index (χ4v) is 3.54. The predicted molar refractivity (Wildman–Crippen MR) is 71.3 cm³/mol. The Hall–Kier alpha value is -0.450. The Kier molecular flexibility index (Phi) is 4.17. The van der Waals surface area contributed by atoms with Gasteiger partial charge < -0.3 is 5.11 Å². The van der Waals surface area contributed by atoms with Gasteiger partial charge in [0.2, 0.25) is 0 Å². The summed E-state index contributed by atoms with van der Waals surface area (Å²) in [5.41, 5.74) is 1.14. The van der Waals surface area contributed by atoms with Gasteiger partial charge in [-0.2, -0.15) is 0 Å². The number of hydrogen-bond acceptors (Lipinski definition) is 4. The van der Waals surface area contributed by atoms with Crippen LogP contribution in [-0.4, -0.2) is 34.2 Å². The molecule has 2 unspecified atom stereocenters. The van der Waals surface area contributed by atoms with Crippen molar-refractivity contribution in [1.29, 1.82) is 0 Å². The Bertz CT molecular complexity index is 358. The average molecular weight is 254 g/mol. The first kappa shape index (κ1) is 13.0. The number of aromatic nitrogens is 1. The van der Waals surface area contributed by atoms with Crippen LogP contribution in [0.2, 0.25) is 0 Å². The zero-order chi connectivity index (χ0) is 12.4. The van der Waals surface area contributed by atoms with Gasteiger partial charge in [0.05, 0.1) is 18.3 Å². The van der Waals surface area contributed by atoms with E-state index in [1.54, 1.807) is 11.3 Å². The van der Waals surface area contributed by atoms with Crippen molar-refractivity contribution in [2.45, 2.75) is 58.2 Å². The van der Waals surface area contributed by atoms with Crippen molar-refractivity contribution in [3.05, 3.63) is 15.6 Å². The molecule has 96 valence electrons. The molecular formula is C13H22N2OS. The lowest BCUT2D eigenvalue weighted by Crippen LogP contribution is -2.42. The van der Waals surface area contributed by atoms with Crippen LogP contribution in [0.5, 0.6) is 0 Å². The van der Waals surface area contributed by atoms with Gasteiger partial charge in [0, 0.05) is 10.9 Å². The monoisotopic (exact) mass is 254 g/mol. The standard InChI is InChI=1S/C13H22N2OS/c1-9-10(2)17-13(14-9)8-15(3)11-6-4-5-7-12(11)16/h11-12,16H,4-8H2,1-3H3. The summed E-state index contributed by atoms with van der Waals surface area (Å²) < 4.78 is 0. The second-order valence-electron chi connectivity index (χ2n) is 5.08. The lowest BCUT2D eigenvalue weighted by atomic mass is 9.92. The molecule has 0 saturated heterocycles. The molecule has 1 aromatic heterocycles. The average Bonchev–Trinajstić information content (AvgIpc) is 2.58. The largest absolute Gasteiger partial charge is 0.391 e. The molecule has 1 N–H and O–H groups in total. The third kappa shape index (κ3) is 3.06. The van der Waals surface area contributed by atoms with Gasteiger partial charge in [0.25, 0.3) is 0 Å². The maximum absolute atomic E-state index is 10.0. The molecule has 17 heavy (non-hydrogen) atoms. The van der Waals surface area contributed by atoms with E-state index in [9.17, 15) is 5.11 Å². The van der Waals surface area contributed by atoms with Gasteiger partial charge >= 0.3 is 0 Å². The molecule has 4 heteroatoms. The first-order valence-corrected chi connectivity index (χ1v) is 7.21. The van der Waals surface area contributed by atoms with E-state index in [1.165, 1.54) is 22.7 Å². The lowest BCUT2D eigenvalue weighted by Gasteiger charge is -2.34. The first-order chi connectivity index (χ1) is 8.08. The summed E-state index contributed by atoms with van der Waals surface area (Å²) in [6, 6.07) is 0.313. The number of rotatable bonds is 3. The maximum Gasteiger partial charge on any atom is 0.107 e. The summed E-state index contributed by atoms with van der Waals surface area (Å²) in [5, 5.41) is 11.2.